The van der Waals surface area contributed by atoms with E-state index in [-0.39, 0.29) is 4.83 Å². The maximum Gasteiger partial charge on any atom is 0.0650 e. The highest BCUT2D eigenvalue weighted by Gasteiger charge is 2.20. The maximum atomic E-state index is 6.28. The van der Waals surface area contributed by atoms with E-state index in [9.17, 15) is 0 Å². The van der Waals surface area contributed by atoms with Crippen LogP contribution >= 0.6 is 50.1 Å². The molecule has 0 saturated heterocycles. The summed E-state index contributed by atoms with van der Waals surface area (Å²) >= 11 is 12.4. The largest absolute Gasteiger partial charge is 0.0832 e. The standard InChI is InChI=1S/C18H19BrClI/c1-9-10(2)12(4)17(13(5)11(9)3)18(19)14-6-7-16(21)15(20)8-14/h6-8,18H,1-5H3. The first kappa shape index (κ1) is 17.3. The maximum absolute atomic E-state index is 6.28. The van der Waals surface area contributed by atoms with E-state index in [4.69, 9.17) is 11.6 Å². The SMILES string of the molecule is Cc1c(C)c(C)c(C(Br)c2ccc(I)c(Cl)c2)c(C)c1C. The Morgan fingerprint density at radius 3 is 1.86 bits per heavy atom. The van der Waals surface area contributed by atoms with E-state index in [1.807, 2.05) is 0 Å². The van der Waals surface area contributed by atoms with Crippen molar-refractivity contribution in [3.05, 3.63) is 65.7 Å². The molecular weight excluding hydrogens is 458 g/mol. The van der Waals surface area contributed by atoms with Crippen molar-refractivity contribution in [2.75, 3.05) is 0 Å². The smallest absolute Gasteiger partial charge is 0.0650 e. The van der Waals surface area contributed by atoms with Gasteiger partial charge in [0.15, 0.2) is 0 Å². The molecule has 0 aromatic heterocycles. The molecule has 0 radical (unpaired) electrons. The van der Waals surface area contributed by atoms with Crippen LogP contribution in [-0.2, 0) is 0 Å². The number of hydrogen-bond donors (Lipinski definition) is 0. The van der Waals surface area contributed by atoms with Crippen LogP contribution in [0.25, 0.3) is 0 Å². The van der Waals surface area contributed by atoms with Crippen LogP contribution in [0.1, 0.15) is 43.8 Å². The molecule has 0 saturated carbocycles. The molecule has 2 rings (SSSR count). The van der Waals surface area contributed by atoms with Crippen LogP contribution < -0.4 is 0 Å². The molecule has 0 spiro atoms. The van der Waals surface area contributed by atoms with Crippen LogP contribution in [0.2, 0.25) is 5.02 Å². The third-order valence-electron chi connectivity index (χ3n) is 4.55. The van der Waals surface area contributed by atoms with Gasteiger partial charge in [-0.2, -0.15) is 0 Å². The molecule has 2 aromatic carbocycles. The zero-order valence-electron chi connectivity index (χ0n) is 12.9. The number of hydrogen-bond acceptors (Lipinski definition) is 0. The van der Waals surface area contributed by atoms with Gasteiger partial charge in [-0.15, -0.1) is 0 Å². The minimum atomic E-state index is 0.171. The number of halogens is 3. The van der Waals surface area contributed by atoms with E-state index in [0.717, 1.165) is 8.59 Å². The van der Waals surface area contributed by atoms with E-state index < -0.39 is 0 Å². The summed E-state index contributed by atoms with van der Waals surface area (Å²) in [5.41, 5.74) is 9.47. The van der Waals surface area contributed by atoms with Gasteiger partial charge in [-0.1, -0.05) is 33.6 Å². The molecule has 3 heteroatoms. The number of alkyl halides is 1. The van der Waals surface area contributed by atoms with Crippen molar-refractivity contribution in [1.82, 2.24) is 0 Å². The summed E-state index contributed by atoms with van der Waals surface area (Å²) in [6, 6.07) is 6.29. The molecule has 1 atom stereocenters. The van der Waals surface area contributed by atoms with Crippen LogP contribution in [0.15, 0.2) is 18.2 Å². The normalized spacial score (nSPS) is 12.6. The summed E-state index contributed by atoms with van der Waals surface area (Å²) in [5.74, 6) is 0. The minimum absolute atomic E-state index is 0.171. The topological polar surface area (TPSA) is 0 Å². The highest BCUT2D eigenvalue weighted by atomic mass is 127. The lowest BCUT2D eigenvalue weighted by molar-refractivity contribution is 1.06. The summed E-state index contributed by atoms with van der Waals surface area (Å²) in [7, 11) is 0. The van der Waals surface area contributed by atoms with E-state index in [1.54, 1.807) is 0 Å². The molecule has 0 heterocycles. The van der Waals surface area contributed by atoms with Gasteiger partial charge in [0.1, 0.15) is 0 Å². The molecule has 0 nitrogen and oxygen atoms in total. The summed E-state index contributed by atoms with van der Waals surface area (Å²) in [6.07, 6.45) is 0. The highest BCUT2D eigenvalue weighted by Crippen LogP contribution is 2.39. The Morgan fingerprint density at radius 1 is 0.905 bits per heavy atom. The molecule has 0 fully saturated rings. The molecular formula is C18H19BrClI. The highest BCUT2D eigenvalue weighted by molar-refractivity contribution is 14.1. The van der Waals surface area contributed by atoms with Gasteiger partial charge in [0.2, 0.25) is 0 Å². The van der Waals surface area contributed by atoms with Crippen molar-refractivity contribution >= 4 is 50.1 Å². The zero-order chi connectivity index (χ0) is 15.9. The van der Waals surface area contributed by atoms with E-state index >= 15 is 0 Å². The molecule has 2 aromatic rings. The fourth-order valence-corrected chi connectivity index (χ4v) is 4.24. The fraction of sp³-hybridized carbons (Fsp3) is 0.333. The van der Waals surface area contributed by atoms with Crippen molar-refractivity contribution in [2.45, 2.75) is 39.4 Å². The Kier molecular flexibility index (Phi) is 5.43. The minimum Gasteiger partial charge on any atom is -0.0832 e. The molecule has 0 aliphatic rings. The molecule has 0 bridgehead atoms. The third kappa shape index (κ3) is 3.18. The predicted octanol–water partition coefficient (Wildman–Crippen LogP) is 6.97. The van der Waals surface area contributed by atoms with Crippen molar-refractivity contribution in [1.29, 1.82) is 0 Å². The Labute approximate surface area is 154 Å². The second-order valence-corrected chi connectivity index (χ2v) is 8.06. The van der Waals surface area contributed by atoms with Gasteiger partial charge in [0, 0.05) is 3.57 Å². The van der Waals surface area contributed by atoms with Gasteiger partial charge < -0.3 is 0 Å². The fourth-order valence-electron chi connectivity index (χ4n) is 2.75. The van der Waals surface area contributed by atoms with Crippen molar-refractivity contribution in [3.63, 3.8) is 0 Å². The molecule has 21 heavy (non-hydrogen) atoms. The van der Waals surface area contributed by atoms with E-state index in [1.165, 1.54) is 38.9 Å². The first-order valence-corrected chi connectivity index (χ1v) is 9.28. The molecule has 0 amide bonds. The number of rotatable bonds is 2. The average Bonchev–Trinajstić information content (AvgIpc) is 2.46. The zero-order valence-corrected chi connectivity index (χ0v) is 17.4. The Balaban J connectivity index is 2.63. The molecule has 0 N–H and O–H groups in total. The predicted molar refractivity (Wildman–Crippen MR) is 105 cm³/mol. The van der Waals surface area contributed by atoms with Crippen molar-refractivity contribution in [2.24, 2.45) is 0 Å². The average molecular weight is 478 g/mol. The lowest BCUT2D eigenvalue weighted by Crippen LogP contribution is -2.06. The van der Waals surface area contributed by atoms with Crippen LogP contribution in [0.5, 0.6) is 0 Å². The second-order valence-electron chi connectivity index (χ2n) is 5.57. The number of benzene rings is 2. The van der Waals surface area contributed by atoms with E-state index in [0.29, 0.717) is 0 Å². The van der Waals surface area contributed by atoms with E-state index in [2.05, 4.69) is 91.3 Å². The van der Waals surface area contributed by atoms with Gasteiger partial charge in [0.25, 0.3) is 0 Å². The Morgan fingerprint density at radius 2 is 1.38 bits per heavy atom. The quantitative estimate of drug-likeness (QED) is 0.324. The van der Waals surface area contributed by atoms with Crippen LogP contribution in [0, 0.1) is 38.2 Å². The Hall–Kier alpha value is -0.0600. The van der Waals surface area contributed by atoms with Crippen LogP contribution in [0.4, 0.5) is 0 Å². The summed E-state index contributed by atoms with van der Waals surface area (Å²) in [4.78, 5) is 0.171. The van der Waals surface area contributed by atoms with Gasteiger partial charge in [-0.3, -0.25) is 0 Å². The lowest BCUT2D eigenvalue weighted by atomic mass is 9.87. The third-order valence-corrected chi connectivity index (χ3v) is 7.11. The summed E-state index contributed by atoms with van der Waals surface area (Å²) in [6.45, 7) is 11.1. The second kappa shape index (κ2) is 6.59. The molecule has 1 unspecified atom stereocenters. The Bertz CT molecular complexity index is 678. The van der Waals surface area contributed by atoms with Gasteiger partial charge in [-0.05, 0) is 108 Å². The first-order chi connectivity index (χ1) is 9.75. The van der Waals surface area contributed by atoms with Gasteiger partial charge >= 0.3 is 0 Å². The van der Waals surface area contributed by atoms with Gasteiger partial charge in [-0.25, -0.2) is 0 Å². The van der Waals surface area contributed by atoms with Crippen molar-refractivity contribution in [3.8, 4) is 0 Å². The molecule has 0 aliphatic heterocycles. The van der Waals surface area contributed by atoms with Crippen LogP contribution in [0.3, 0.4) is 0 Å². The molecule has 112 valence electrons. The van der Waals surface area contributed by atoms with Gasteiger partial charge in [0.05, 0.1) is 9.85 Å². The van der Waals surface area contributed by atoms with Crippen molar-refractivity contribution < 1.29 is 0 Å². The monoisotopic (exact) mass is 476 g/mol. The first-order valence-electron chi connectivity index (χ1n) is 6.91. The lowest BCUT2D eigenvalue weighted by Gasteiger charge is -2.23. The molecule has 0 aliphatic carbocycles. The summed E-state index contributed by atoms with van der Waals surface area (Å²) in [5, 5.41) is 0.813. The van der Waals surface area contributed by atoms with Crippen LogP contribution in [-0.4, -0.2) is 0 Å². The summed E-state index contributed by atoms with van der Waals surface area (Å²) < 4.78 is 1.09.